The third-order valence-corrected chi connectivity index (χ3v) is 7.23. The molecular weight excluding hydrogens is 590 g/mol. The molecule has 45 heavy (non-hydrogen) atoms. The van der Waals surface area contributed by atoms with Crippen LogP contribution in [0, 0.1) is 0 Å². The normalized spacial score (nSPS) is 16.9. The smallest absolute Gasteiger partial charge is 0.326 e. The zero-order valence-electron chi connectivity index (χ0n) is 25.2. The molecule has 1 aromatic rings. The van der Waals surface area contributed by atoms with Crippen molar-refractivity contribution in [1.82, 2.24) is 26.2 Å². The number of aliphatic carboxylic acids is 2. The Morgan fingerprint density at radius 1 is 0.956 bits per heavy atom. The number of carboxylic acids is 2. The summed E-state index contributed by atoms with van der Waals surface area (Å²) >= 11 is 0. The number of benzene rings is 1. The number of carbonyl (C=O) groups is 7. The Morgan fingerprint density at radius 3 is 2.27 bits per heavy atom. The van der Waals surface area contributed by atoms with Gasteiger partial charge in [0, 0.05) is 13.0 Å². The van der Waals surface area contributed by atoms with E-state index >= 15 is 0 Å². The van der Waals surface area contributed by atoms with Gasteiger partial charge in [-0.3, -0.25) is 28.8 Å². The minimum atomic E-state index is -1.63. The van der Waals surface area contributed by atoms with E-state index in [1.165, 1.54) is 11.8 Å². The number of nitrogens with two attached hydrogens (primary N) is 2. The molecule has 0 saturated carbocycles. The van der Waals surface area contributed by atoms with Gasteiger partial charge in [0.1, 0.15) is 24.2 Å². The van der Waals surface area contributed by atoms with Crippen LogP contribution in [0.4, 0.5) is 0 Å². The van der Waals surface area contributed by atoms with Crippen LogP contribution in [-0.2, 0) is 40.0 Å². The van der Waals surface area contributed by atoms with Crippen LogP contribution in [0.2, 0.25) is 0 Å². The number of hydrogen-bond acceptors (Lipinski definition) is 9. The Kier molecular flexibility index (Phi) is 14.9. The molecule has 0 unspecified atom stereocenters. The fourth-order valence-electron chi connectivity index (χ4n) is 4.80. The molecule has 5 atom stereocenters. The maximum absolute atomic E-state index is 12.9. The summed E-state index contributed by atoms with van der Waals surface area (Å²) in [7, 11) is 0. The molecular formula is C29H43N7O9. The van der Waals surface area contributed by atoms with Crippen LogP contribution in [0.3, 0.4) is 0 Å². The summed E-state index contributed by atoms with van der Waals surface area (Å²) < 4.78 is 0. The molecule has 248 valence electrons. The second kappa shape index (κ2) is 18.3. The highest BCUT2D eigenvalue weighted by Crippen LogP contribution is 2.19. The molecule has 0 bridgehead atoms. The Hall–Kier alpha value is -4.57. The van der Waals surface area contributed by atoms with Gasteiger partial charge in [-0.15, -0.1) is 0 Å². The lowest BCUT2D eigenvalue weighted by Crippen LogP contribution is -2.56. The maximum Gasteiger partial charge on any atom is 0.326 e. The maximum atomic E-state index is 12.9. The Bertz CT molecular complexity index is 1210. The lowest BCUT2D eigenvalue weighted by atomic mass is 10.1. The molecule has 2 rings (SSSR count). The molecule has 0 spiro atoms. The molecule has 1 aliphatic heterocycles. The number of nitrogens with one attached hydrogen (secondary N) is 4. The van der Waals surface area contributed by atoms with E-state index < -0.39 is 78.7 Å². The van der Waals surface area contributed by atoms with Crippen molar-refractivity contribution >= 4 is 41.5 Å². The summed E-state index contributed by atoms with van der Waals surface area (Å²) in [6.07, 6.45) is 1.90. The van der Waals surface area contributed by atoms with Crippen molar-refractivity contribution < 1.29 is 43.8 Å². The van der Waals surface area contributed by atoms with Gasteiger partial charge < -0.3 is 47.8 Å². The van der Waals surface area contributed by atoms with E-state index in [4.69, 9.17) is 11.5 Å². The van der Waals surface area contributed by atoms with Gasteiger partial charge in [-0.05, 0) is 44.7 Å². The van der Waals surface area contributed by atoms with Gasteiger partial charge in [-0.25, -0.2) is 4.79 Å². The van der Waals surface area contributed by atoms with Crippen LogP contribution in [-0.4, -0.2) is 106 Å². The van der Waals surface area contributed by atoms with Crippen LogP contribution in [0.15, 0.2) is 30.3 Å². The van der Waals surface area contributed by atoms with Crippen LogP contribution < -0.4 is 32.7 Å². The first-order chi connectivity index (χ1) is 21.3. The SMILES string of the molecule is C[C@H](NC(=O)[C@@H]1CCCN1C(=O)[C@@H](N)CCCCN)C(=O)NCC(=O)N[C@@H](CC(=O)O)C(=O)N[C@@H](Cc1ccccc1)C(=O)O. The molecule has 0 aromatic heterocycles. The van der Waals surface area contributed by atoms with E-state index in [1.807, 2.05) is 0 Å². The summed E-state index contributed by atoms with van der Waals surface area (Å²) in [6, 6.07) is 2.75. The molecule has 10 N–H and O–H groups in total. The third-order valence-electron chi connectivity index (χ3n) is 7.23. The summed E-state index contributed by atoms with van der Waals surface area (Å²) in [5.74, 6) is -6.39. The minimum Gasteiger partial charge on any atom is -0.481 e. The highest BCUT2D eigenvalue weighted by atomic mass is 16.4. The van der Waals surface area contributed by atoms with Gasteiger partial charge in [0.15, 0.2) is 0 Å². The van der Waals surface area contributed by atoms with Gasteiger partial charge in [-0.2, -0.15) is 0 Å². The highest BCUT2D eigenvalue weighted by Gasteiger charge is 2.37. The van der Waals surface area contributed by atoms with Gasteiger partial charge in [0.25, 0.3) is 0 Å². The molecule has 1 aliphatic rings. The molecule has 16 heteroatoms. The Morgan fingerprint density at radius 2 is 1.64 bits per heavy atom. The molecule has 16 nitrogen and oxygen atoms in total. The second-order valence-electron chi connectivity index (χ2n) is 10.8. The van der Waals surface area contributed by atoms with Gasteiger partial charge in [0.2, 0.25) is 29.5 Å². The largest absolute Gasteiger partial charge is 0.481 e. The fraction of sp³-hybridized carbons (Fsp3) is 0.552. The molecule has 1 heterocycles. The second-order valence-corrected chi connectivity index (χ2v) is 10.8. The molecule has 1 saturated heterocycles. The lowest BCUT2D eigenvalue weighted by molar-refractivity contribution is -0.143. The first-order valence-corrected chi connectivity index (χ1v) is 14.8. The van der Waals surface area contributed by atoms with Crippen molar-refractivity contribution in [3.63, 3.8) is 0 Å². The molecule has 1 fully saturated rings. The summed E-state index contributed by atoms with van der Waals surface area (Å²) in [5.41, 5.74) is 12.1. The van der Waals surface area contributed by atoms with Gasteiger partial charge >= 0.3 is 11.9 Å². The lowest BCUT2D eigenvalue weighted by Gasteiger charge is -2.27. The van der Waals surface area contributed by atoms with Crippen LogP contribution in [0.1, 0.15) is 51.0 Å². The first-order valence-electron chi connectivity index (χ1n) is 14.8. The number of amides is 5. The topological polar surface area (TPSA) is 263 Å². The molecule has 5 amide bonds. The number of carboxylic acid groups (broad SMARTS) is 2. The van der Waals surface area contributed by atoms with Crippen molar-refractivity contribution in [3.8, 4) is 0 Å². The Balaban J connectivity index is 1.90. The predicted molar refractivity (Wildman–Crippen MR) is 160 cm³/mol. The molecule has 0 aliphatic carbocycles. The van der Waals surface area contributed by atoms with Crippen molar-refractivity contribution in [3.05, 3.63) is 35.9 Å². The van der Waals surface area contributed by atoms with Crippen LogP contribution in [0.25, 0.3) is 0 Å². The summed E-state index contributed by atoms with van der Waals surface area (Å²) in [4.78, 5) is 88.1. The molecule has 0 radical (unpaired) electrons. The molecule has 1 aromatic carbocycles. The number of nitrogens with zero attached hydrogens (tertiary/aromatic N) is 1. The van der Waals surface area contributed by atoms with Crippen LogP contribution >= 0.6 is 0 Å². The van der Waals surface area contributed by atoms with Crippen molar-refractivity contribution in [2.45, 2.75) is 82.1 Å². The third kappa shape index (κ3) is 12.1. The van der Waals surface area contributed by atoms with Crippen LogP contribution in [0.5, 0.6) is 0 Å². The number of unbranched alkanes of at least 4 members (excludes halogenated alkanes) is 1. The van der Waals surface area contributed by atoms with E-state index in [2.05, 4.69) is 21.3 Å². The zero-order chi connectivity index (χ0) is 33.5. The average Bonchev–Trinajstić information content (AvgIpc) is 3.49. The average molecular weight is 634 g/mol. The first kappa shape index (κ1) is 36.6. The monoisotopic (exact) mass is 633 g/mol. The van der Waals surface area contributed by atoms with Gasteiger partial charge in [-0.1, -0.05) is 36.8 Å². The Labute approximate surface area is 260 Å². The quantitative estimate of drug-likeness (QED) is 0.0806. The number of rotatable bonds is 18. The highest BCUT2D eigenvalue weighted by molar-refractivity contribution is 5.96. The number of likely N-dealkylation sites (tertiary alicyclic amines) is 1. The van der Waals surface area contributed by atoms with Crippen molar-refractivity contribution in [2.75, 3.05) is 19.6 Å². The summed E-state index contributed by atoms with van der Waals surface area (Å²) in [5, 5.41) is 28.0. The van der Waals surface area contributed by atoms with E-state index in [0.717, 1.165) is 6.42 Å². The number of carbonyl (C=O) groups excluding carboxylic acids is 5. The van der Waals surface area contributed by atoms with E-state index in [0.29, 0.717) is 44.3 Å². The summed E-state index contributed by atoms with van der Waals surface area (Å²) in [6.45, 7) is 1.55. The predicted octanol–water partition coefficient (Wildman–Crippen LogP) is -2.17. The van der Waals surface area contributed by atoms with E-state index in [-0.39, 0.29) is 12.3 Å². The number of hydrogen-bond donors (Lipinski definition) is 8. The van der Waals surface area contributed by atoms with Crippen molar-refractivity contribution in [1.29, 1.82) is 0 Å². The van der Waals surface area contributed by atoms with E-state index in [1.54, 1.807) is 30.3 Å². The zero-order valence-corrected chi connectivity index (χ0v) is 25.2. The minimum absolute atomic E-state index is 0.0797. The van der Waals surface area contributed by atoms with E-state index in [9.17, 15) is 43.8 Å². The van der Waals surface area contributed by atoms with Gasteiger partial charge in [0.05, 0.1) is 19.0 Å². The fourth-order valence-corrected chi connectivity index (χ4v) is 4.80. The van der Waals surface area contributed by atoms with Crippen molar-refractivity contribution in [2.24, 2.45) is 11.5 Å². The standard InChI is InChI=1S/C29H43N7O9/c1-17(33-27(42)22-11-7-13-36(22)28(43)19(31)10-5-6-12-30)25(40)32-16-23(37)34-20(15-24(38)39)26(41)35-21(29(44)45)14-18-8-3-2-4-9-18/h2-4,8-9,17,19-22H,5-7,10-16,30-31H2,1H3,(H,32,40)(H,33,42)(H,34,37)(H,35,41)(H,38,39)(H,44,45)/t17-,19-,20-,21-,22-/m0/s1.